The van der Waals surface area contributed by atoms with E-state index in [1.165, 1.54) is 89.9 Å². The summed E-state index contributed by atoms with van der Waals surface area (Å²) in [6.07, 6.45) is 31.6. The van der Waals surface area contributed by atoms with E-state index in [0.29, 0.717) is 6.42 Å². The minimum Gasteiger partial charge on any atom is -0.394 e. The first-order valence-corrected chi connectivity index (χ1v) is 16.1. The van der Waals surface area contributed by atoms with E-state index in [1.54, 1.807) is 6.08 Å². The molecule has 38 heavy (non-hydrogen) atoms. The quantitative estimate of drug-likeness (QED) is 0.0603. The lowest BCUT2D eigenvalue weighted by atomic mass is 10.0. The molecule has 0 aliphatic heterocycles. The summed E-state index contributed by atoms with van der Waals surface area (Å²) in [6, 6.07) is -0.745. The van der Waals surface area contributed by atoms with E-state index >= 15 is 0 Å². The van der Waals surface area contributed by atoms with E-state index < -0.39 is 18.2 Å². The maximum absolute atomic E-state index is 12.2. The van der Waals surface area contributed by atoms with Gasteiger partial charge in [0, 0.05) is 0 Å². The van der Waals surface area contributed by atoms with E-state index in [4.69, 9.17) is 0 Å². The number of nitrogens with one attached hydrogen (secondary N) is 1. The number of carbonyl (C=O) groups excluding carboxylic acids is 1. The molecule has 0 aromatic heterocycles. The Bertz CT molecular complexity index is 563. The Balaban J connectivity index is 3.80. The number of carbonyl (C=O) groups is 1. The van der Waals surface area contributed by atoms with Crippen LogP contribution >= 0.6 is 0 Å². The highest BCUT2D eigenvalue weighted by molar-refractivity contribution is 5.76. The van der Waals surface area contributed by atoms with Gasteiger partial charge in [0.25, 0.3) is 0 Å². The van der Waals surface area contributed by atoms with Crippen molar-refractivity contribution in [2.75, 3.05) is 6.61 Å². The van der Waals surface area contributed by atoms with Crippen LogP contribution in [0.3, 0.4) is 0 Å². The van der Waals surface area contributed by atoms with Crippen LogP contribution in [0.2, 0.25) is 0 Å². The molecule has 0 saturated carbocycles. The van der Waals surface area contributed by atoms with Crippen LogP contribution in [0.5, 0.6) is 0 Å². The zero-order chi connectivity index (χ0) is 28.1. The van der Waals surface area contributed by atoms with Crippen LogP contribution in [-0.4, -0.2) is 46.1 Å². The van der Waals surface area contributed by atoms with Crippen molar-refractivity contribution < 1.29 is 20.1 Å². The van der Waals surface area contributed by atoms with Gasteiger partial charge in [-0.3, -0.25) is 4.79 Å². The van der Waals surface area contributed by atoms with Crippen LogP contribution in [0.4, 0.5) is 0 Å². The molecule has 3 unspecified atom stereocenters. The van der Waals surface area contributed by atoms with Gasteiger partial charge in [-0.25, -0.2) is 0 Å². The van der Waals surface area contributed by atoms with Crippen LogP contribution in [-0.2, 0) is 4.79 Å². The summed E-state index contributed by atoms with van der Waals surface area (Å²) in [5.41, 5.74) is 0. The van der Waals surface area contributed by atoms with Crippen LogP contribution < -0.4 is 5.32 Å². The van der Waals surface area contributed by atoms with Crippen molar-refractivity contribution in [2.45, 2.75) is 173 Å². The van der Waals surface area contributed by atoms with Gasteiger partial charge in [-0.1, -0.05) is 134 Å². The second-order valence-electron chi connectivity index (χ2n) is 11.1. The second kappa shape index (κ2) is 28.8. The Kier molecular flexibility index (Phi) is 27.9. The molecule has 0 bridgehead atoms. The topological polar surface area (TPSA) is 89.8 Å². The fourth-order valence-electron chi connectivity index (χ4n) is 4.67. The van der Waals surface area contributed by atoms with Crippen molar-refractivity contribution in [2.24, 2.45) is 0 Å². The highest BCUT2D eigenvalue weighted by atomic mass is 16.3. The standard InChI is InChI=1S/C33H63NO4/c1-3-5-7-9-11-13-14-15-16-17-18-19-21-23-25-27-32(37)31(29-35)34-33(38)28-30(36)26-24-22-20-12-10-8-6-4-2/h10,12,25,27,30-32,35-37H,3-9,11,13-24,26,28-29H2,1-2H3,(H,34,38)/b12-10-,27-25+. The number of hydrogen-bond acceptors (Lipinski definition) is 4. The number of amides is 1. The van der Waals surface area contributed by atoms with E-state index in [2.05, 4.69) is 31.3 Å². The van der Waals surface area contributed by atoms with Gasteiger partial charge in [0.1, 0.15) is 0 Å². The van der Waals surface area contributed by atoms with Gasteiger partial charge in [0.05, 0.1) is 31.3 Å². The highest BCUT2D eigenvalue weighted by Gasteiger charge is 2.20. The van der Waals surface area contributed by atoms with Crippen molar-refractivity contribution >= 4 is 5.91 Å². The van der Waals surface area contributed by atoms with Gasteiger partial charge >= 0.3 is 0 Å². The van der Waals surface area contributed by atoms with Crippen molar-refractivity contribution in [1.29, 1.82) is 0 Å². The molecule has 0 rings (SSSR count). The monoisotopic (exact) mass is 537 g/mol. The minimum atomic E-state index is -0.928. The van der Waals surface area contributed by atoms with Crippen molar-refractivity contribution in [3.8, 4) is 0 Å². The Labute approximate surface area is 235 Å². The number of hydrogen-bond donors (Lipinski definition) is 4. The number of allylic oxidation sites excluding steroid dienone is 3. The molecular formula is C33H63NO4. The maximum atomic E-state index is 12.2. The summed E-state index contributed by atoms with van der Waals surface area (Å²) >= 11 is 0. The lowest BCUT2D eigenvalue weighted by Crippen LogP contribution is -2.45. The Hall–Kier alpha value is -1.17. The van der Waals surface area contributed by atoms with E-state index in [9.17, 15) is 20.1 Å². The second-order valence-corrected chi connectivity index (χ2v) is 11.1. The summed E-state index contributed by atoms with van der Waals surface area (Å²) in [7, 11) is 0. The first-order valence-electron chi connectivity index (χ1n) is 16.1. The maximum Gasteiger partial charge on any atom is 0.222 e. The molecule has 0 aromatic rings. The Morgan fingerprint density at radius 2 is 1.13 bits per heavy atom. The summed E-state index contributed by atoms with van der Waals surface area (Å²) in [6.45, 7) is 4.12. The number of rotatable bonds is 28. The molecule has 0 aliphatic carbocycles. The fourth-order valence-corrected chi connectivity index (χ4v) is 4.67. The van der Waals surface area contributed by atoms with Gasteiger partial charge in [0.15, 0.2) is 0 Å². The Morgan fingerprint density at radius 3 is 1.68 bits per heavy atom. The smallest absolute Gasteiger partial charge is 0.222 e. The third-order valence-electron chi connectivity index (χ3n) is 7.23. The predicted octanol–water partition coefficient (Wildman–Crippen LogP) is 7.92. The average Bonchev–Trinajstić information content (AvgIpc) is 2.90. The van der Waals surface area contributed by atoms with E-state index in [1.807, 2.05) is 6.08 Å². The van der Waals surface area contributed by atoms with Crippen molar-refractivity contribution in [3.05, 3.63) is 24.3 Å². The lowest BCUT2D eigenvalue weighted by molar-refractivity contribution is -0.124. The number of unbranched alkanes of at least 4 members (excludes halogenated alkanes) is 17. The van der Waals surface area contributed by atoms with Gasteiger partial charge in [-0.15, -0.1) is 0 Å². The molecule has 0 heterocycles. The minimum absolute atomic E-state index is 0.00175. The van der Waals surface area contributed by atoms with E-state index in [-0.39, 0.29) is 18.9 Å². The molecule has 0 saturated heterocycles. The number of aliphatic hydroxyl groups is 3. The molecule has 0 aromatic carbocycles. The van der Waals surface area contributed by atoms with Gasteiger partial charge in [-0.05, 0) is 38.5 Å². The normalized spacial score (nSPS) is 14.3. The van der Waals surface area contributed by atoms with Crippen LogP contribution in [0, 0.1) is 0 Å². The van der Waals surface area contributed by atoms with Gasteiger partial charge in [-0.2, -0.15) is 0 Å². The molecule has 4 N–H and O–H groups in total. The molecule has 1 amide bonds. The number of aliphatic hydroxyl groups excluding tert-OH is 3. The third-order valence-corrected chi connectivity index (χ3v) is 7.23. The molecule has 0 radical (unpaired) electrons. The zero-order valence-electron chi connectivity index (χ0n) is 25.1. The van der Waals surface area contributed by atoms with Crippen LogP contribution in [0.1, 0.15) is 155 Å². The summed E-state index contributed by atoms with van der Waals surface area (Å²) in [5.74, 6) is -0.333. The molecule has 5 nitrogen and oxygen atoms in total. The SMILES string of the molecule is CCCC/C=C\CCCCC(O)CC(=O)NC(CO)C(O)/C=C/CCCCCCCCCCCCCCC. The highest BCUT2D eigenvalue weighted by Crippen LogP contribution is 2.13. The molecular weight excluding hydrogens is 474 g/mol. The summed E-state index contributed by atoms with van der Waals surface area (Å²) in [5, 5.41) is 32.8. The van der Waals surface area contributed by atoms with Crippen molar-refractivity contribution in [1.82, 2.24) is 5.32 Å². The fraction of sp³-hybridized carbons (Fsp3) is 0.848. The molecule has 0 spiro atoms. The van der Waals surface area contributed by atoms with Crippen molar-refractivity contribution in [3.63, 3.8) is 0 Å². The van der Waals surface area contributed by atoms with Crippen LogP contribution in [0.15, 0.2) is 24.3 Å². The first kappa shape index (κ1) is 36.8. The third kappa shape index (κ3) is 25.1. The predicted molar refractivity (Wildman–Crippen MR) is 162 cm³/mol. The largest absolute Gasteiger partial charge is 0.394 e. The molecule has 0 aliphatic rings. The Morgan fingerprint density at radius 1 is 0.658 bits per heavy atom. The molecule has 0 fully saturated rings. The summed E-state index contributed by atoms with van der Waals surface area (Å²) < 4.78 is 0. The zero-order valence-corrected chi connectivity index (χ0v) is 25.1. The molecule has 5 heteroatoms. The van der Waals surface area contributed by atoms with E-state index in [0.717, 1.165) is 38.5 Å². The average molecular weight is 538 g/mol. The first-order chi connectivity index (χ1) is 18.5. The molecule has 3 atom stereocenters. The van der Waals surface area contributed by atoms with Gasteiger partial charge in [0.2, 0.25) is 5.91 Å². The summed E-state index contributed by atoms with van der Waals surface area (Å²) in [4.78, 5) is 12.2. The van der Waals surface area contributed by atoms with Gasteiger partial charge < -0.3 is 20.6 Å². The molecule has 224 valence electrons. The van der Waals surface area contributed by atoms with Crippen LogP contribution in [0.25, 0.3) is 0 Å². The lowest BCUT2D eigenvalue weighted by Gasteiger charge is -2.21.